The van der Waals surface area contributed by atoms with Crippen LogP contribution in [0.15, 0.2) is 46.9 Å². The third-order valence-electron chi connectivity index (χ3n) is 5.21. The van der Waals surface area contributed by atoms with Crippen LogP contribution in [-0.2, 0) is 4.79 Å². The second-order valence-corrected chi connectivity index (χ2v) is 7.44. The fraction of sp³-hybridized carbons (Fsp3) is 0.409. The van der Waals surface area contributed by atoms with E-state index in [4.69, 9.17) is 9.15 Å². The zero-order valence-corrected chi connectivity index (χ0v) is 15.7. The molecule has 0 bridgehead atoms. The summed E-state index contributed by atoms with van der Waals surface area (Å²) < 4.78 is 11.5. The first kappa shape index (κ1) is 17.9. The van der Waals surface area contributed by atoms with Crippen LogP contribution in [0.5, 0.6) is 5.75 Å². The molecule has 0 radical (unpaired) electrons. The summed E-state index contributed by atoms with van der Waals surface area (Å²) in [7, 11) is 0. The first-order chi connectivity index (χ1) is 13.2. The molecule has 3 aromatic rings. The second kappa shape index (κ2) is 8.01. The smallest absolute Gasteiger partial charge is 0.257 e. The van der Waals surface area contributed by atoms with E-state index in [0.29, 0.717) is 12.3 Å². The number of carbonyl (C=O) groups is 1. The molecule has 1 amide bonds. The largest absolute Gasteiger partial charge is 0.484 e. The van der Waals surface area contributed by atoms with E-state index < -0.39 is 0 Å². The number of para-hydroxylation sites is 1. The van der Waals surface area contributed by atoms with Gasteiger partial charge in [0.25, 0.3) is 5.91 Å². The maximum Gasteiger partial charge on any atom is 0.257 e. The van der Waals surface area contributed by atoms with Crippen molar-refractivity contribution >= 4 is 27.8 Å². The van der Waals surface area contributed by atoms with Crippen LogP contribution in [0.1, 0.15) is 19.8 Å². The maximum absolute atomic E-state index is 12.1. The van der Waals surface area contributed by atoms with E-state index in [1.165, 1.54) is 12.8 Å². The average molecular weight is 366 g/mol. The lowest BCUT2D eigenvalue weighted by atomic mass is 10.0. The van der Waals surface area contributed by atoms with Crippen molar-refractivity contribution in [1.29, 1.82) is 0 Å². The highest BCUT2D eigenvalue weighted by Crippen LogP contribution is 2.31. The number of benzene rings is 2. The third kappa shape index (κ3) is 4.25. The van der Waals surface area contributed by atoms with Crippen LogP contribution in [0.3, 0.4) is 0 Å². The summed E-state index contributed by atoms with van der Waals surface area (Å²) >= 11 is 0. The minimum absolute atomic E-state index is 0.0255. The van der Waals surface area contributed by atoms with Crippen molar-refractivity contribution in [2.45, 2.75) is 19.8 Å². The number of piperidine rings is 1. The molecule has 1 aliphatic rings. The molecule has 5 nitrogen and oxygen atoms in total. The molecule has 0 saturated carbocycles. The molecule has 1 unspecified atom stereocenters. The number of hydrogen-bond acceptors (Lipinski definition) is 4. The van der Waals surface area contributed by atoms with Crippen LogP contribution in [0.2, 0.25) is 0 Å². The SMILES string of the molecule is CC1CCCN(CCNC(=O)COc2ccc3oc4ccccc4c3c2)C1. The van der Waals surface area contributed by atoms with E-state index in [2.05, 4.69) is 17.1 Å². The van der Waals surface area contributed by atoms with Gasteiger partial charge in [-0.05, 0) is 49.6 Å². The van der Waals surface area contributed by atoms with Gasteiger partial charge in [0.2, 0.25) is 0 Å². The number of fused-ring (bicyclic) bond motifs is 3. The van der Waals surface area contributed by atoms with Crippen LogP contribution >= 0.6 is 0 Å². The molecule has 1 atom stereocenters. The van der Waals surface area contributed by atoms with Gasteiger partial charge in [0.05, 0.1) is 0 Å². The van der Waals surface area contributed by atoms with Gasteiger partial charge in [0, 0.05) is 30.4 Å². The molecule has 5 heteroatoms. The number of nitrogens with zero attached hydrogens (tertiary/aromatic N) is 1. The van der Waals surface area contributed by atoms with Gasteiger partial charge in [0.15, 0.2) is 6.61 Å². The molecule has 0 aliphatic carbocycles. The predicted molar refractivity (Wildman–Crippen MR) is 107 cm³/mol. The molecule has 1 N–H and O–H groups in total. The minimum Gasteiger partial charge on any atom is -0.484 e. The number of amides is 1. The predicted octanol–water partition coefficient (Wildman–Crippen LogP) is 3.81. The maximum atomic E-state index is 12.1. The molecule has 0 spiro atoms. The first-order valence-corrected chi connectivity index (χ1v) is 9.72. The van der Waals surface area contributed by atoms with Crippen LogP contribution in [-0.4, -0.2) is 43.6 Å². The third-order valence-corrected chi connectivity index (χ3v) is 5.21. The van der Waals surface area contributed by atoms with E-state index in [0.717, 1.165) is 47.5 Å². The monoisotopic (exact) mass is 366 g/mol. The number of likely N-dealkylation sites (tertiary alicyclic amines) is 1. The molecule has 142 valence electrons. The Morgan fingerprint density at radius 2 is 2.07 bits per heavy atom. The van der Waals surface area contributed by atoms with Crippen LogP contribution in [0.4, 0.5) is 0 Å². The van der Waals surface area contributed by atoms with Crippen molar-refractivity contribution in [3.63, 3.8) is 0 Å². The zero-order chi connectivity index (χ0) is 18.6. The molecule has 27 heavy (non-hydrogen) atoms. The zero-order valence-electron chi connectivity index (χ0n) is 15.7. The number of nitrogens with one attached hydrogen (secondary N) is 1. The van der Waals surface area contributed by atoms with Gasteiger partial charge >= 0.3 is 0 Å². The first-order valence-electron chi connectivity index (χ1n) is 9.72. The van der Waals surface area contributed by atoms with Crippen molar-refractivity contribution in [3.05, 3.63) is 42.5 Å². The van der Waals surface area contributed by atoms with Crippen LogP contribution < -0.4 is 10.1 Å². The van der Waals surface area contributed by atoms with E-state index in [-0.39, 0.29) is 12.5 Å². The Balaban J connectivity index is 1.29. The molecule has 1 aliphatic heterocycles. The van der Waals surface area contributed by atoms with Crippen LogP contribution in [0, 0.1) is 5.92 Å². The fourth-order valence-corrected chi connectivity index (χ4v) is 3.84. The second-order valence-electron chi connectivity index (χ2n) is 7.44. The molecule has 2 aromatic carbocycles. The van der Waals surface area contributed by atoms with E-state index in [1.54, 1.807) is 0 Å². The highest BCUT2D eigenvalue weighted by Gasteiger charge is 2.16. The van der Waals surface area contributed by atoms with Crippen LogP contribution in [0.25, 0.3) is 21.9 Å². The summed E-state index contributed by atoms with van der Waals surface area (Å²) in [5, 5.41) is 5.01. The van der Waals surface area contributed by atoms with Gasteiger partial charge in [0.1, 0.15) is 16.9 Å². The van der Waals surface area contributed by atoms with Gasteiger partial charge < -0.3 is 19.4 Å². The lowest BCUT2D eigenvalue weighted by Gasteiger charge is -2.30. The Morgan fingerprint density at radius 3 is 2.96 bits per heavy atom. The fourth-order valence-electron chi connectivity index (χ4n) is 3.84. The molecule has 1 saturated heterocycles. The van der Waals surface area contributed by atoms with E-state index in [1.807, 2.05) is 42.5 Å². The van der Waals surface area contributed by atoms with Crippen molar-refractivity contribution in [3.8, 4) is 5.75 Å². The number of rotatable bonds is 6. The topological polar surface area (TPSA) is 54.7 Å². The van der Waals surface area contributed by atoms with Crippen molar-refractivity contribution in [2.75, 3.05) is 32.8 Å². The van der Waals surface area contributed by atoms with Gasteiger partial charge in [-0.1, -0.05) is 25.1 Å². The van der Waals surface area contributed by atoms with Crippen molar-refractivity contribution in [1.82, 2.24) is 10.2 Å². The Kier molecular flexibility index (Phi) is 5.30. The standard InChI is InChI=1S/C22H26N2O3/c1-16-5-4-11-24(14-16)12-10-23-22(25)15-26-17-8-9-21-19(13-17)18-6-2-3-7-20(18)27-21/h2-3,6-9,13,16H,4-5,10-12,14-15H2,1H3,(H,23,25). The van der Waals surface area contributed by atoms with E-state index in [9.17, 15) is 4.79 Å². The molecular formula is C22H26N2O3. The van der Waals surface area contributed by atoms with Crippen molar-refractivity contribution in [2.24, 2.45) is 5.92 Å². The lowest BCUT2D eigenvalue weighted by molar-refractivity contribution is -0.123. The number of furan rings is 1. The normalized spacial score (nSPS) is 18.0. The summed E-state index contributed by atoms with van der Waals surface area (Å²) in [4.78, 5) is 14.5. The molecule has 1 aromatic heterocycles. The number of hydrogen-bond donors (Lipinski definition) is 1. The van der Waals surface area contributed by atoms with Gasteiger partial charge in [-0.2, -0.15) is 0 Å². The Bertz CT molecular complexity index is 934. The molecule has 1 fully saturated rings. The van der Waals surface area contributed by atoms with Gasteiger partial charge in [-0.25, -0.2) is 0 Å². The quantitative estimate of drug-likeness (QED) is 0.721. The number of ether oxygens (including phenoxy) is 1. The molecular weight excluding hydrogens is 340 g/mol. The Labute approximate surface area is 159 Å². The molecule has 2 heterocycles. The summed E-state index contributed by atoms with van der Waals surface area (Å²) in [6, 6.07) is 13.6. The summed E-state index contributed by atoms with van der Waals surface area (Å²) in [6.07, 6.45) is 2.57. The summed E-state index contributed by atoms with van der Waals surface area (Å²) in [5.41, 5.74) is 1.68. The van der Waals surface area contributed by atoms with Gasteiger partial charge in [-0.3, -0.25) is 4.79 Å². The average Bonchev–Trinajstić information content (AvgIpc) is 3.04. The molecule has 4 rings (SSSR count). The summed E-state index contributed by atoms with van der Waals surface area (Å²) in [5.74, 6) is 1.35. The lowest BCUT2D eigenvalue weighted by Crippen LogP contribution is -2.41. The van der Waals surface area contributed by atoms with Crippen molar-refractivity contribution < 1.29 is 13.9 Å². The number of carbonyl (C=O) groups excluding carboxylic acids is 1. The highest BCUT2D eigenvalue weighted by molar-refractivity contribution is 6.05. The Morgan fingerprint density at radius 1 is 1.22 bits per heavy atom. The Hall–Kier alpha value is -2.53. The minimum atomic E-state index is -0.0859. The van der Waals surface area contributed by atoms with E-state index >= 15 is 0 Å². The highest BCUT2D eigenvalue weighted by atomic mass is 16.5. The van der Waals surface area contributed by atoms with Gasteiger partial charge in [-0.15, -0.1) is 0 Å². The summed E-state index contributed by atoms with van der Waals surface area (Å²) in [6.45, 7) is 6.15.